The van der Waals surface area contributed by atoms with E-state index in [-0.39, 0.29) is 16.9 Å². The normalized spacial score (nSPS) is 20.6. The molecule has 0 radical (unpaired) electrons. The molecule has 38 heavy (non-hydrogen) atoms. The van der Waals surface area contributed by atoms with Crippen molar-refractivity contribution in [3.05, 3.63) is 29.3 Å². The van der Waals surface area contributed by atoms with E-state index >= 15 is 0 Å². The number of carboxylic acid groups (broad SMARTS) is 1. The van der Waals surface area contributed by atoms with Gasteiger partial charge in [0.05, 0.1) is 0 Å². The zero-order chi connectivity index (χ0) is 28.0. The monoisotopic (exact) mass is 530 g/mol. The Bertz CT molecular complexity index is 869. The Kier molecular flexibility index (Phi) is 13.5. The standard InChI is InChI=1S/C32H54N2O4/c1-6-8-10-12-14-17-25-18-16-20-28(27(25)19-15-13-11-9-7-2)38-30(37)33-24-32(5)22-26(34-29(35)36)21-31(3,4)23-32/h16,18,20,26,34H,6-15,17,19,21-24H2,1-5H3,(H,33,37)(H,35,36). The molecule has 1 aromatic rings. The number of carbonyl (C=O) groups excluding carboxylic acids is 1. The molecule has 216 valence electrons. The van der Waals surface area contributed by atoms with E-state index in [9.17, 15) is 14.7 Å². The van der Waals surface area contributed by atoms with Gasteiger partial charge in [0.25, 0.3) is 0 Å². The highest BCUT2D eigenvalue weighted by atomic mass is 16.6. The van der Waals surface area contributed by atoms with Crippen LogP contribution in [0.1, 0.15) is 129 Å². The molecular formula is C32H54N2O4. The summed E-state index contributed by atoms with van der Waals surface area (Å²) in [7, 11) is 0. The van der Waals surface area contributed by atoms with Crippen LogP contribution in [0.25, 0.3) is 0 Å². The van der Waals surface area contributed by atoms with Crippen LogP contribution in [0.15, 0.2) is 18.2 Å². The Labute approximate surface area is 231 Å². The third kappa shape index (κ3) is 11.7. The number of ether oxygens (including phenoxy) is 1. The van der Waals surface area contributed by atoms with Crippen molar-refractivity contribution in [3.8, 4) is 5.75 Å². The Balaban J connectivity index is 2.04. The lowest BCUT2D eigenvalue weighted by atomic mass is 9.62. The van der Waals surface area contributed by atoms with Gasteiger partial charge < -0.3 is 20.5 Å². The van der Waals surface area contributed by atoms with Crippen molar-refractivity contribution >= 4 is 12.2 Å². The summed E-state index contributed by atoms with van der Waals surface area (Å²) in [5.74, 6) is 0.684. The van der Waals surface area contributed by atoms with E-state index in [0.29, 0.717) is 18.7 Å². The molecule has 0 bridgehead atoms. The smallest absolute Gasteiger partial charge is 0.412 e. The number of hydrogen-bond donors (Lipinski definition) is 3. The van der Waals surface area contributed by atoms with E-state index in [1.165, 1.54) is 62.5 Å². The van der Waals surface area contributed by atoms with Gasteiger partial charge in [-0.1, -0.05) is 98.1 Å². The van der Waals surface area contributed by atoms with Crippen LogP contribution in [0.2, 0.25) is 0 Å². The quantitative estimate of drug-likeness (QED) is 0.187. The largest absolute Gasteiger partial charge is 0.465 e. The van der Waals surface area contributed by atoms with Gasteiger partial charge in [-0.25, -0.2) is 9.59 Å². The molecule has 1 saturated carbocycles. The molecule has 1 fully saturated rings. The van der Waals surface area contributed by atoms with Gasteiger partial charge in [0.2, 0.25) is 0 Å². The molecule has 6 nitrogen and oxygen atoms in total. The van der Waals surface area contributed by atoms with Gasteiger partial charge in [0, 0.05) is 12.6 Å². The van der Waals surface area contributed by atoms with Crippen LogP contribution < -0.4 is 15.4 Å². The Hall–Kier alpha value is -2.24. The van der Waals surface area contributed by atoms with Crippen molar-refractivity contribution < 1.29 is 19.4 Å². The second kappa shape index (κ2) is 16.0. The van der Waals surface area contributed by atoms with E-state index < -0.39 is 12.2 Å². The highest BCUT2D eigenvalue weighted by molar-refractivity contribution is 5.71. The van der Waals surface area contributed by atoms with E-state index in [1.807, 2.05) is 12.1 Å². The minimum atomic E-state index is -0.991. The molecule has 3 N–H and O–H groups in total. The molecule has 0 spiro atoms. The van der Waals surface area contributed by atoms with Crippen molar-refractivity contribution in [2.45, 2.75) is 137 Å². The highest BCUT2D eigenvalue weighted by Crippen LogP contribution is 2.45. The molecule has 1 aliphatic rings. The van der Waals surface area contributed by atoms with Crippen LogP contribution in [0.4, 0.5) is 9.59 Å². The van der Waals surface area contributed by atoms with Gasteiger partial charge in [-0.3, -0.25) is 0 Å². The maximum absolute atomic E-state index is 13.0. The van der Waals surface area contributed by atoms with Gasteiger partial charge in [-0.05, 0) is 73.0 Å². The average molecular weight is 531 g/mol. The van der Waals surface area contributed by atoms with Crippen molar-refractivity contribution in [2.24, 2.45) is 10.8 Å². The zero-order valence-electron chi connectivity index (χ0n) is 24.8. The summed E-state index contributed by atoms with van der Waals surface area (Å²) in [6.07, 6.45) is 15.2. The highest BCUT2D eigenvalue weighted by Gasteiger charge is 2.42. The molecule has 0 heterocycles. The number of amides is 2. The van der Waals surface area contributed by atoms with Gasteiger partial charge in [-0.2, -0.15) is 0 Å². The molecule has 1 aromatic carbocycles. The van der Waals surface area contributed by atoms with Crippen LogP contribution in [0.3, 0.4) is 0 Å². The first-order valence-corrected chi connectivity index (χ1v) is 15.1. The molecule has 6 heteroatoms. The molecule has 1 aliphatic carbocycles. The predicted octanol–water partition coefficient (Wildman–Crippen LogP) is 8.65. The van der Waals surface area contributed by atoms with Gasteiger partial charge in [0.15, 0.2) is 0 Å². The summed E-state index contributed by atoms with van der Waals surface area (Å²) in [6, 6.07) is 6.02. The number of aryl methyl sites for hydroxylation is 1. The second-order valence-corrected chi connectivity index (χ2v) is 12.7. The summed E-state index contributed by atoms with van der Waals surface area (Å²) < 4.78 is 5.93. The van der Waals surface area contributed by atoms with Crippen molar-refractivity contribution in [1.29, 1.82) is 0 Å². The number of rotatable bonds is 16. The predicted molar refractivity (Wildman–Crippen MR) is 156 cm³/mol. The third-order valence-corrected chi connectivity index (χ3v) is 7.94. The number of benzene rings is 1. The minimum absolute atomic E-state index is 0.0118. The summed E-state index contributed by atoms with van der Waals surface area (Å²) in [5.41, 5.74) is 2.27. The van der Waals surface area contributed by atoms with Crippen LogP contribution in [-0.4, -0.2) is 29.9 Å². The molecule has 0 aliphatic heterocycles. The Morgan fingerprint density at radius 2 is 1.55 bits per heavy atom. The van der Waals surface area contributed by atoms with Crippen LogP contribution in [0, 0.1) is 10.8 Å². The molecule has 2 amide bonds. The van der Waals surface area contributed by atoms with E-state index in [1.54, 1.807) is 0 Å². The molecule has 2 atom stereocenters. The SMILES string of the molecule is CCCCCCCc1cccc(OC(=O)NCC2(C)CC(NC(=O)O)CC(C)(C)C2)c1CCCCCCC. The number of hydrogen-bond acceptors (Lipinski definition) is 3. The lowest BCUT2D eigenvalue weighted by Gasteiger charge is -2.46. The van der Waals surface area contributed by atoms with Gasteiger partial charge in [-0.15, -0.1) is 0 Å². The van der Waals surface area contributed by atoms with E-state index in [4.69, 9.17) is 4.74 Å². The summed E-state index contributed by atoms with van der Waals surface area (Å²) in [5, 5.41) is 14.9. The summed E-state index contributed by atoms with van der Waals surface area (Å²) in [4.78, 5) is 24.2. The third-order valence-electron chi connectivity index (χ3n) is 7.94. The molecule has 2 unspecified atom stereocenters. The Morgan fingerprint density at radius 3 is 2.18 bits per heavy atom. The molecular weight excluding hydrogens is 476 g/mol. The van der Waals surface area contributed by atoms with Crippen molar-refractivity contribution in [2.75, 3.05) is 6.54 Å². The molecule has 2 rings (SSSR count). The van der Waals surface area contributed by atoms with E-state index in [0.717, 1.165) is 38.5 Å². The van der Waals surface area contributed by atoms with E-state index in [2.05, 4.69) is 51.3 Å². The zero-order valence-corrected chi connectivity index (χ0v) is 24.8. The fourth-order valence-corrected chi connectivity index (χ4v) is 6.52. The Morgan fingerprint density at radius 1 is 0.921 bits per heavy atom. The lowest BCUT2D eigenvalue weighted by Crippen LogP contribution is -2.50. The van der Waals surface area contributed by atoms with Gasteiger partial charge in [0.1, 0.15) is 5.75 Å². The maximum atomic E-state index is 13.0. The van der Waals surface area contributed by atoms with Crippen LogP contribution in [-0.2, 0) is 12.8 Å². The summed E-state index contributed by atoms with van der Waals surface area (Å²) in [6.45, 7) is 11.4. The molecule has 0 aromatic heterocycles. The first kappa shape index (κ1) is 32.0. The number of carbonyl (C=O) groups is 2. The first-order chi connectivity index (χ1) is 18.1. The molecule has 0 saturated heterocycles. The minimum Gasteiger partial charge on any atom is -0.465 e. The van der Waals surface area contributed by atoms with Crippen molar-refractivity contribution in [1.82, 2.24) is 10.6 Å². The van der Waals surface area contributed by atoms with Gasteiger partial charge >= 0.3 is 12.2 Å². The fraction of sp³-hybridized carbons (Fsp3) is 0.750. The first-order valence-electron chi connectivity index (χ1n) is 15.1. The summed E-state index contributed by atoms with van der Waals surface area (Å²) >= 11 is 0. The number of nitrogens with one attached hydrogen (secondary N) is 2. The lowest BCUT2D eigenvalue weighted by molar-refractivity contribution is 0.0695. The number of unbranched alkanes of at least 4 members (excludes halogenated alkanes) is 8. The van der Waals surface area contributed by atoms with Crippen LogP contribution >= 0.6 is 0 Å². The fourth-order valence-electron chi connectivity index (χ4n) is 6.52. The topological polar surface area (TPSA) is 87.7 Å². The van der Waals surface area contributed by atoms with Crippen LogP contribution in [0.5, 0.6) is 5.75 Å². The second-order valence-electron chi connectivity index (χ2n) is 12.7. The van der Waals surface area contributed by atoms with Crippen molar-refractivity contribution in [3.63, 3.8) is 0 Å². The maximum Gasteiger partial charge on any atom is 0.412 e. The average Bonchev–Trinajstić information content (AvgIpc) is 2.82.